The number of alkyl carbamates (subject to hydrolysis) is 1. The maximum absolute atomic E-state index is 12.2. The molecule has 0 saturated carbocycles. The number of ether oxygens (including phenoxy) is 2. The van der Waals surface area contributed by atoms with Crippen LogP contribution in [0.1, 0.15) is 46.1 Å². The van der Waals surface area contributed by atoms with Crippen molar-refractivity contribution >= 4 is 23.0 Å². The molecule has 0 aliphatic rings. The van der Waals surface area contributed by atoms with Crippen molar-refractivity contribution in [2.75, 3.05) is 7.11 Å². The molecule has 1 amide bonds. The van der Waals surface area contributed by atoms with E-state index < -0.39 is 23.7 Å². The fourth-order valence-corrected chi connectivity index (χ4v) is 3.00. The van der Waals surface area contributed by atoms with Crippen LogP contribution in [0.25, 0.3) is 10.9 Å². The smallest absolute Gasteiger partial charge is 0.408 e. The predicted octanol–water partition coefficient (Wildman–Crippen LogP) is 4.05. The van der Waals surface area contributed by atoms with Crippen LogP contribution >= 0.6 is 0 Å². The molecule has 27 heavy (non-hydrogen) atoms. The molecule has 0 bridgehead atoms. The zero-order chi connectivity index (χ0) is 20.0. The largest absolute Gasteiger partial charge is 0.467 e. The molecule has 1 aromatic heterocycles. The number of methoxy groups -OCH3 is 1. The third-order valence-electron chi connectivity index (χ3n) is 4.22. The van der Waals surface area contributed by atoms with Crippen molar-refractivity contribution in [3.63, 3.8) is 0 Å². The first-order valence-electron chi connectivity index (χ1n) is 9.39. The van der Waals surface area contributed by atoms with E-state index in [-0.39, 0.29) is 0 Å². The number of benzene rings is 1. The number of carbonyl (C=O) groups excluding carboxylic acids is 2. The van der Waals surface area contributed by atoms with Crippen LogP contribution in [0.4, 0.5) is 4.79 Å². The van der Waals surface area contributed by atoms with Crippen LogP contribution in [-0.4, -0.2) is 35.4 Å². The van der Waals surface area contributed by atoms with Crippen LogP contribution in [-0.2, 0) is 27.2 Å². The summed E-state index contributed by atoms with van der Waals surface area (Å²) in [6, 6.07) is 7.28. The van der Waals surface area contributed by atoms with Gasteiger partial charge in [-0.2, -0.15) is 0 Å². The van der Waals surface area contributed by atoms with Gasteiger partial charge >= 0.3 is 12.1 Å². The molecule has 0 radical (unpaired) electrons. The number of hydrogen-bond acceptors (Lipinski definition) is 4. The van der Waals surface area contributed by atoms with Crippen LogP contribution in [0.5, 0.6) is 0 Å². The average Bonchev–Trinajstić information content (AvgIpc) is 2.95. The number of nitrogens with zero attached hydrogens (tertiary/aromatic N) is 1. The molecule has 6 nitrogen and oxygen atoms in total. The molecule has 2 rings (SSSR count). The zero-order valence-corrected chi connectivity index (χ0v) is 16.9. The standard InChI is InChI=1S/C21H30N2O4/c1-6-7-12-23-14-15(16-10-8-9-11-18(16)23)13-17(19(24)26-5)22-20(25)27-21(2,3)4/h8-11,14,17H,6-7,12-13H2,1-5H3,(H,22,25)/t17-/m0/s1. The molecule has 1 N–H and O–H groups in total. The summed E-state index contributed by atoms with van der Waals surface area (Å²) in [5.41, 5.74) is 1.48. The van der Waals surface area contributed by atoms with Crippen molar-refractivity contribution in [3.05, 3.63) is 36.0 Å². The Kier molecular flexibility index (Phi) is 6.88. The van der Waals surface area contributed by atoms with Gasteiger partial charge in [0.25, 0.3) is 0 Å². The van der Waals surface area contributed by atoms with E-state index in [1.807, 2.05) is 18.2 Å². The van der Waals surface area contributed by atoms with Crippen molar-refractivity contribution in [2.45, 2.75) is 65.1 Å². The molecule has 0 saturated heterocycles. The predicted molar refractivity (Wildman–Crippen MR) is 106 cm³/mol. The lowest BCUT2D eigenvalue weighted by atomic mass is 10.1. The summed E-state index contributed by atoms with van der Waals surface area (Å²) in [6.07, 6.45) is 3.95. The second-order valence-corrected chi connectivity index (χ2v) is 7.64. The highest BCUT2D eigenvalue weighted by Gasteiger charge is 2.26. The molecular weight excluding hydrogens is 344 g/mol. The molecule has 0 unspecified atom stereocenters. The van der Waals surface area contributed by atoms with Gasteiger partial charge < -0.3 is 19.4 Å². The van der Waals surface area contributed by atoms with E-state index in [4.69, 9.17) is 9.47 Å². The second-order valence-electron chi connectivity index (χ2n) is 7.64. The highest BCUT2D eigenvalue weighted by atomic mass is 16.6. The SMILES string of the molecule is CCCCn1cc(C[C@H](NC(=O)OC(C)(C)C)C(=O)OC)c2ccccc21. The Labute approximate surface area is 160 Å². The lowest BCUT2D eigenvalue weighted by molar-refractivity contribution is -0.143. The maximum Gasteiger partial charge on any atom is 0.408 e. The molecule has 0 spiro atoms. The lowest BCUT2D eigenvalue weighted by Gasteiger charge is -2.22. The van der Waals surface area contributed by atoms with Crippen molar-refractivity contribution in [1.82, 2.24) is 9.88 Å². The maximum atomic E-state index is 12.2. The molecular formula is C21H30N2O4. The van der Waals surface area contributed by atoms with Crippen molar-refractivity contribution in [2.24, 2.45) is 0 Å². The van der Waals surface area contributed by atoms with Crippen LogP contribution in [0.3, 0.4) is 0 Å². The summed E-state index contributed by atoms with van der Waals surface area (Å²) >= 11 is 0. The van der Waals surface area contributed by atoms with Gasteiger partial charge in [-0.15, -0.1) is 0 Å². The molecule has 1 aromatic carbocycles. The summed E-state index contributed by atoms with van der Waals surface area (Å²) in [5, 5.41) is 3.72. The first-order chi connectivity index (χ1) is 12.7. The molecule has 0 aliphatic carbocycles. The van der Waals surface area contributed by atoms with Gasteiger partial charge in [0, 0.05) is 30.1 Å². The zero-order valence-electron chi connectivity index (χ0n) is 16.9. The number of unbranched alkanes of at least 4 members (excludes halogenated alkanes) is 1. The first-order valence-corrected chi connectivity index (χ1v) is 9.39. The quantitative estimate of drug-likeness (QED) is 0.742. The normalized spacial score (nSPS) is 12.6. The number of para-hydroxylation sites is 1. The van der Waals surface area contributed by atoms with E-state index >= 15 is 0 Å². The summed E-state index contributed by atoms with van der Waals surface area (Å²) in [4.78, 5) is 24.4. The van der Waals surface area contributed by atoms with E-state index in [0.29, 0.717) is 6.42 Å². The molecule has 0 aliphatic heterocycles. The van der Waals surface area contributed by atoms with Gasteiger partial charge in [0.1, 0.15) is 11.6 Å². The third kappa shape index (κ3) is 5.74. The Hall–Kier alpha value is -2.50. The highest BCUT2D eigenvalue weighted by molar-refractivity contribution is 5.86. The Morgan fingerprint density at radius 2 is 1.93 bits per heavy atom. The van der Waals surface area contributed by atoms with Crippen molar-refractivity contribution in [1.29, 1.82) is 0 Å². The first kappa shape index (κ1) is 20.8. The van der Waals surface area contributed by atoms with E-state index in [2.05, 4.69) is 29.1 Å². The fourth-order valence-electron chi connectivity index (χ4n) is 3.00. The Morgan fingerprint density at radius 1 is 1.22 bits per heavy atom. The van der Waals surface area contributed by atoms with Crippen LogP contribution in [0.2, 0.25) is 0 Å². The minimum atomic E-state index is -0.810. The summed E-state index contributed by atoms with van der Waals surface area (Å²) in [6.45, 7) is 8.41. The van der Waals surface area contributed by atoms with Crippen molar-refractivity contribution < 1.29 is 19.1 Å². The van der Waals surface area contributed by atoms with Gasteiger partial charge in [0.05, 0.1) is 7.11 Å². The van der Waals surface area contributed by atoms with E-state index in [1.165, 1.54) is 7.11 Å². The average molecular weight is 374 g/mol. The van der Waals surface area contributed by atoms with Gasteiger partial charge in [0.15, 0.2) is 0 Å². The van der Waals surface area contributed by atoms with Gasteiger partial charge in [-0.05, 0) is 38.8 Å². The number of amides is 1. The number of fused-ring (bicyclic) bond motifs is 1. The summed E-state index contributed by atoms with van der Waals surface area (Å²) < 4.78 is 12.4. The van der Waals surface area contributed by atoms with E-state index in [9.17, 15) is 9.59 Å². The van der Waals surface area contributed by atoms with Crippen molar-refractivity contribution in [3.8, 4) is 0 Å². The number of carbonyl (C=O) groups is 2. The number of aromatic nitrogens is 1. The highest BCUT2D eigenvalue weighted by Crippen LogP contribution is 2.23. The number of aryl methyl sites for hydroxylation is 1. The van der Waals surface area contributed by atoms with Gasteiger partial charge in [-0.1, -0.05) is 31.5 Å². The van der Waals surface area contributed by atoms with Gasteiger partial charge in [-0.25, -0.2) is 9.59 Å². The minimum Gasteiger partial charge on any atom is -0.467 e. The molecule has 2 aromatic rings. The number of rotatable bonds is 7. The lowest BCUT2D eigenvalue weighted by Crippen LogP contribution is -2.45. The topological polar surface area (TPSA) is 69.6 Å². The van der Waals surface area contributed by atoms with Crippen LogP contribution < -0.4 is 5.32 Å². The minimum absolute atomic E-state index is 0.339. The molecule has 1 heterocycles. The number of hydrogen-bond donors (Lipinski definition) is 1. The third-order valence-corrected chi connectivity index (χ3v) is 4.22. The molecule has 148 valence electrons. The van der Waals surface area contributed by atoms with Gasteiger partial charge in [0.2, 0.25) is 0 Å². The Bertz CT molecular complexity index is 789. The van der Waals surface area contributed by atoms with E-state index in [1.54, 1.807) is 20.8 Å². The van der Waals surface area contributed by atoms with Gasteiger partial charge in [-0.3, -0.25) is 0 Å². The molecule has 6 heteroatoms. The monoisotopic (exact) mass is 374 g/mol. The number of nitrogens with one attached hydrogen (secondary N) is 1. The Balaban J connectivity index is 2.26. The molecule has 1 atom stereocenters. The summed E-state index contributed by atoms with van der Waals surface area (Å²) in [5.74, 6) is -0.494. The fraction of sp³-hybridized carbons (Fsp3) is 0.524. The molecule has 0 fully saturated rings. The second kappa shape index (κ2) is 8.93. The number of esters is 1. The Morgan fingerprint density at radius 3 is 2.56 bits per heavy atom. The van der Waals surface area contributed by atoms with Crippen LogP contribution in [0, 0.1) is 0 Å². The van der Waals surface area contributed by atoms with E-state index in [0.717, 1.165) is 35.9 Å². The summed E-state index contributed by atoms with van der Waals surface area (Å²) in [7, 11) is 1.32. The van der Waals surface area contributed by atoms with Crippen LogP contribution in [0.15, 0.2) is 30.5 Å².